The maximum Gasteiger partial charge on any atom is 0.220 e. The standard InChI is InChI=1S/C16H23ClN2O/c1-12(14-5-3-7-18-11-14)8-16(20)19-10-13-4-2-6-15(17)9-13/h2,4,6,9,12,14,18H,3,5,7-8,10-11H2,1H3,(H,19,20). The van der Waals surface area contributed by atoms with Gasteiger partial charge in [0.25, 0.3) is 0 Å². The van der Waals surface area contributed by atoms with Crippen LogP contribution < -0.4 is 10.6 Å². The quantitative estimate of drug-likeness (QED) is 0.876. The first-order valence-electron chi connectivity index (χ1n) is 7.37. The summed E-state index contributed by atoms with van der Waals surface area (Å²) in [5, 5.41) is 7.09. The average Bonchev–Trinajstić information content (AvgIpc) is 2.46. The summed E-state index contributed by atoms with van der Waals surface area (Å²) in [6.07, 6.45) is 3.06. The third-order valence-corrected chi connectivity index (χ3v) is 4.26. The number of piperidine rings is 1. The first kappa shape index (κ1) is 15.3. The summed E-state index contributed by atoms with van der Waals surface area (Å²) in [6, 6.07) is 7.60. The van der Waals surface area contributed by atoms with Gasteiger partial charge >= 0.3 is 0 Å². The second-order valence-electron chi connectivity index (χ2n) is 5.69. The molecule has 0 saturated carbocycles. The van der Waals surface area contributed by atoms with Gasteiger partial charge in [0.1, 0.15) is 0 Å². The summed E-state index contributed by atoms with van der Waals surface area (Å²) in [5.74, 6) is 1.19. The van der Waals surface area contributed by atoms with Crippen LogP contribution in [-0.2, 0) is 11.3 Å². The van der Waals surface area contributed by atoms with Crippen molar-refractivity contribution in [3.8, 4) is 0 Å². The number of carbonyl (C=O) groups is 1. The summed E-state index contributed by atoms with van der Waals surface area (Å²) in [7, 11) is 0. The van der Waals surface area contributed by atoms with Crippen LogP contribution in [0.1, 0.15) is 31.7 Å². The Bertz CT molecular complexity index is 444. The van der Waals surface area contributed by atoms with Gasteiger partial charge in [0.05, 0.1) is 0 Å². The molecule has 1 fully saturated rings. The van der Waals surface area contributed by atoms with Crippen LogP contribution in [-0.4, -0.2) is 19.0 Å². The minimum absolute atomic E-state index is 0.128. The van der Waals surface area contributed by atoms with Gasteiger partial charge < -0.3 is 10.6 Å². The molecule has 1 aromatic rings. The summed E-state index contributed by atoms with van der Waals surface area (Å²) >= 11 is 5.93. The number of hydrogen-bond donors (Lipinski definition) is 2. The van der Waals surface area contributed by atoms with Crippen LogP contribution >= 0.6 is 11.6 Å². The van der Waals surface area contributed by atoms with Crippen molar-refractivity contribution < 1.29 is 4.79 Å². The molecular weight excluding hydrogens is 272 g/mol. The molecule has 20 heavy (non-hydrogen) atoms. The fourth-order valence-electron chi connectivity index (χ4n) is 2.74. The largest absolute Gasteiger partial charge is 0.352 e. The molecule has 3 nitrogen and oxygen atoms in total. The molecule has 4 heteroatoms. The van der Waals surface area contributed by atoms with Crippen LogP contribution in [0.5, 0.6) is 0 Å². The van der Waals surface area contributed by atoms with Crippen LogP contribution in [0.2, 0.25) is 5.02 Å². The minimum Gasteiger partial charge on any atom is -0.352 e. The predicted octanol–water partition coefficient (Wildman–Crippen LogP) is 2.98. The van der Waals surface area contributed by atoms with Gasteiger partial charge in [-0.25, -0.2) is 0 Å². The highest BCUT2D eigenvalue weighted by Crippen LogP contribution is 2.22. The van der Waals surface area contributed by atoms with Gasteiger partial charge in [-0.3, -0.25) is 4.79 Å². The number of halogens is 1. The number of nitrogens with one attached hydrogen (secondary N) is 2. The van der Waals surface area contributed by atoms with E-state index in [4.69, 9.17) is 11.6 Å². The summed E-state index contributed by atoms with van der Waals surface area (Å²) < 4.78 is 0. The van der Waals surface area contributed by atoms with Crippen LogP contribution in [0.4, 0.5) is 0 Å². The molecule has 1 heterocycles. The second kappa shape index (κ2) is 7.65. The van der Waals surface area contributed by atoms with Crippen LogP contribution in [0.25, 0.3) is 0 Å². The van der Waals surface area contributed by atoms with E-state index in [-0.39, 0.29) is 5.91 Å². The number of hydrogen-bond acceptors (Lipinski definition) is 2. The summed E-state index contributed by atoms with van der Waals surface area (Å²) in [6.45, 7) is 4.89. The molecule has 0 spiro atoms. The lowest BCUT2D eigenvalue weighted by molar-refractivity contribution is -0.122. The van der Waals surface area contributed by atoms with Gasteiger partial charge in [0.15, 0.2) is 0 Å². The second-order valence-corrected chi connectivity index (χ2v) is 6.13. The topological polar surface area (TPSA) is 41.1 Å². The Morgan fingerprint density at radius 3 is 3.10 bits per heavy atom. The Hall–Kier alpha value is -1.06. The highest BCUT2D eigenvalue weighted by atomic mass is 35.5. The first-order chi connectivity index (χ1) is 9.65. The van der Waals surface area contributed by atoms with E-state index >= 15 is 0 Å². The fourth-order valence-corrected chi connectivity index (χ4v) is 2.96. The molecule has 0 bridgehead atoms. The molecular formula is C16H23ClN2O. The molecule has 1 aromatic carbocycles. The zero-order valence-electron chi connectivity index (χ0n) is 12.0. The first-order valence-corrected chi connectivity index (χ1v) is 7.75. The minimum atomic E-state index is 0.128. The monoisotopic (exact) mass is 294 g/mol. The highest BCUT2D eigenvalue weighted by Gasteiger charge is 2.21. The molecule has 110 valence electrons. The molecule has 1 aliphatic rings. The maximum absolute atomic E-state index is 12.0. The molecule has 0 aromatic heterocycles. The van der Waals surface area contributed by atoms with Gasteiger partial charge in [-0.05, 0) is 55.5 Å². The molecule has 0 aliphatic carbocycles. The van der Waals surface area contributed by atoms with E-state index in [9.17, 15) is 4.79 Å². The van der Waals surface area contributed by atoms with Crippen molar-refractivity contribution in [2.45, 2.75) is 32.7 Å². The van der Waals surface area contributed by atoms with Crippen molar-refractivity contribution in [2.75, 3.05) is 13.1 Å². The van der Waals surface area contributed by atoms with E-state index in [0.29, 0.717) is 29.8 Å². The molecule has 1 aliphatic heterocycles. The smallest absolute Gasteiger partial charge is 0.220 e. The van der Waals surface area contributed by atoms with E-state index in [0.717, 1.165) is 18.7 Å². The number of amides is 1. The van der Waals surface area contributed by atoms with Crippen molar-refractivity contribution in [1.29, 1.82) is 0 Å². The average molecular weight is 295 g/mol. The van der Waals surface area contributed by atoms with Gasteiger partial charge in [-0.15, -0.1) is 0 Å². The fraction of sp³-hybridized carbons (Fsp3) is 0.562. The van der Waals surface area contributed by atoms with Gasteiger partial charge in [-0.1, -0.05) is 30.7 Å². The molecule has 2 rings (SSSR count). The molecule has 1 saturated heterocycles. The lowest BCUT2D eigenvalue weighted by Gasteiger charge is -2.28. The van der Waals surface area contributed by atoms with Crippen molar-refractivity contribution in [2.24, 2.45) is 11.8 Å². The number of carbonyl (C=O) groups excluding carboxylic acids is 1. The van der Waals surface area contributed by atoms with Crippen molar-refractivity contribution >= 4 is 17.5 Å². The van der Waals surface area contributed by atoms with Gasteiger partial charge in [0, 0.05) is 18.0 Å². The maximum atomic E-state index is 12.0. The van der Waals surface area contributed by atoms with Crippen LogP contribution in [0.3, 0.4) is 0 Å². The molecule has 0 radical (unpaired) electrons. The lowest BCUT2D eigenvalue weighted by Crippen LogP contribution is -2.35. The van der Waals surface area contributed by atoms with Crippen LogP contribution in [0.15, 0.2) is 24.3 Å². The van der Waals surface area contributed by atoms with Gasteiger partial charge in [-0.2, -0.15) is 0 Å². The van der Waals surface area contributed by atoms with E-state index in [1.807, 2.05) is 24.3 Å². The van der Waals surface area contributed by atoms with Crippen LogP contribution in [0, 0.1) is 11.8 Å². The molecule has 2 unspecified atom stereocenters. The third kappa shape index (κ3) is 4.80. The Morgan fingerprint density at radius 2 is 2.40 bits per heavy atom. The van der Waals surface area contributed by atoms with E-state index in [2.05, 4.69) is 17.6 Å². The Kier molecular flexibility index (Phi) is 5.86. The van der Waals surface area contributed by atoms with E-state index in [1.54, 1.807) is 0 Å². The van der Waals surface area contributed by atoms with Crippen molar-refractivity contribution in [1.82, 2.24) is 10.6 Å². The SMILES string of the molecule is CC(CC(=O)NCc1cccc(Cl)c1)C1CCCNC1. The number of benzene rings is 1. The zero-order chi connectivity index (χ0) is 14.4. The molecule has 2 atom stereocenters. The summed E-state index contributed by atoms with van der Waals surface area (Å²) in [4.78, 5) is 12.0. The highest BCUT2D eigenvalue weighted by molar-refractivity contribution is 6.30. The van der Waals surface area contributed by atoms with Crippen molar-refractivity contribution in [3.05, 3.63) is 34.9 Å². The van der Waals surface area contributed by atoms with E-state index < -0.39 is 0 Å². The Labute approximate surface area is 126 Å². The molecule has 2 N–H and O–H groups in total. The normalized spacial score (nSPS) is 20.4. The summed E-state index contributed by atoms with van der Waals surface area (Å²) in [5.41, 5.74) is 1.04. The van der Waals surface area contributed by atoms with E-state index in [1.165, 1.54) is 12.8 Å². The zero-order valence-corrected chi connectivity index (χ0v) is 12.7. The van der Waals surface area contributed by atoms with Crippen molar-refractivity contribution in [3.63, 3.8) is 0 Å². The molecule has 1 amide bonds. The lowest BCUT2D eigenvalue weighted by atomic mass is 9.85. The number of rotatable bonds is 5. The Balaban J connectivity index is 1.74. The predicted molar refractivity (Wildman–Crippen MR) is 82.7 cm³/mol. The van der Waals surface area contributed by atoms with Gasteiger partial charge in [0.2, 0.25) is 5.91 Å². The Morgan fingerprint density at radius 1 is 1.55 bits per heavy atom. The third-order valence-electron chi connectivity index (χ3n) is 4.03.